The van der Waals surface area contributed by atoms with Gasteiger partial charge in [0, 0.05) is 12.1 Å². The zero-order valence-electron chi connectivity index (χ0n) is 16.1. The Bertz CT molecular complexity index is 874. The van der Waals surface area contributed by atoms with Crippen LogP contribution in [0.15, 0.2) is 59.6 Å². The molecule has 1 atom stereocenters. The Morgan fingerprint density at radius 1 is 1.11 bits per heavy atom. The number of rotatable bonds is 5. The topological polar surface area (TPSA) is 79.8 Å². The van der Waals surface area contributed by atoms with Gasteiger partial charge in [-0.1, -0.05) is 30.0 Å². The number of hydrogen-bond acceptors (Lipinski definition) is 5. The molecule has 2 aromatic carbocycles. The van der Waals surface area contributed by atoms with Crippen molar-refractivity contribution in [1.29, 1.82) is 0 Å². The highest BCUT2D eigenvalue weighted by Gasteiger charge is 2.32. The molecule has 2 N–H and O–H groups in total. The van der Waals surface area contributed by atoms with E-state index in [0.29, 0.717) is 16.6 Å². The van der Waals surface area contributed by atoms with Crippen LogP contribution in [0.25, 0.3) is 0 Å². The maximum Gasteiger partial charge on any atom is 0.240 e. The van der Waals surface area contributed by atoms with Crippen LogP contribution in [-0.2, 0) is 9.59 Å². The van der Waals surface area contributed by atoms with E-state index in [1.807, 2.05) is 51.1 Å². The van der Waals surface area contributed by atoms with Crippen molar-refractivity contribution in [3.8, 4) is 11.5 Å². The second-order valence-corrected chi connectivity index (χ2v) is 8.57. The number of hydrogen-bond donors (Lipinski definition) is 2. The van der Waals surface area contributed by atoms with Crippen LogP contribution >= 0.6 is 11.8 Å². The smallest absolute Gasteiger partial charge is 0.240 e. The van der Waals surface area contributed by atoms with E-state index < -0.39 is 5.25 Å². The minimum atomic E-state index is -0.471. The van der Waals surface area contributed by atoms with Crippen molar-refractivity contribution in [1.82, 2.24) is 5.32 Å². The van der Waals surface area contributed by atoms with E-state index in [-0.39, 0.29) is 23.8 Å². The zero-order chi connectivity index (χ0) is 20.1. The summed E-state index contributed by atoms with van der Waals surface area (Å²) in [4.78, 5) is 28.8. The van der Waals surface area contributed by atoms with Crippen LogP contribution in [0.1, 0.15) is 27.2 Å². The van der Waals surface area contributed by atoms with Gasteiger partial charge in [0.1, 0.15) is 16.7 Å². The molecule has 1 fully saturated rings. The molecular weight excluding hydrogens is 374 g/mol. The number of amidine groups is 1. The average Bonchev–Trinajstić information content (AvgIpc) is 2.94. The van der Waals surface area contributed by atoms with E-state index in [2.05, 4.69) is 15.6 Å². The SMILES string of the molecule is CC(C)(C)N=C1NC(=O)C(CC(=O)Nc2ccc(Oc3ccccc3)cc2)S1. The van der Waals surface area contributed by atoms with E-state index in [0.717, 1.165) is 5.75 Å². The number of thioether (sulfide) groups is 1. The molecule has 146 valence electrons. The van der Waals surface area contributed by atoms with Crippen LogP contribution in [-0.4, -0.2) is 27.8 Å². The molecule has 6 nitrogen and oxygen atoms in total. The quantitative estimate of drug-likeness (QED) is 0.793. The molecule has 0 spiro atoms. The van der Waals surface area contributed by atoms with Gasteiger partial charge in [-0.05, 0) is 57.2 Å². The van der Waals surface area contributed by atoms with Gasteiger partial charge < -0.3 is 15.4 Å². The molecular formula is C21H23N3O3S. The second kappa shape index (κ2) is 8.48. The summed E-state index contributed by atoms with van der Waals surface area (Å²) in [5.41, 5.74) is 0.369. The first-order chi connectivity index (χ1) is 13.3. The van der Waals surface area contributed by atoms with Gasteiger partial charge in [0.05, 0.1) is 5.54 Å². The van der Waals surface area contributed by atoms with Gasteiger partial charge in [0.25, 0.3) is 0 Å². The van der Waals surface area contributed by atoms with E-state index >= 15 is 0 Å². The molecule has 0 bridgehead atoms. The molecule has 28 heavy (non-hydrogen) atoms. The highest BCUT2D eigenvalue weighted by molar-refractivity contribution is 8.15. The normalized spacial score (nSPS) is 18.0. The standard InChI is InChI=1S/C21H23N3O3S/c1-21(2,3)24-20-23-19(26)17(28-20)13-18(25)22-14-9-11-16(12-10-14)27-15-7-5-4-6-8-15/h4-12,17H,13H2,1-3H3,(H,22,25)(H,23,24,26). The van der Waals surface area contributed by atoms with Gasteiger partial charge in [0.2, 0.25) is 11.8 Å². The lowest BCUT2D eigenvalue weighted by atomic mass is 10.1. The predicted molar refractivity (Wildman–Crippen MR) is 113 cm³/mol. The van der Waals surface area contributed by atoms with Gasteiger partial charge in [0.15, 0.2) is 5.17 Å². The van der Waals surface area contributed by atoms with Gasteiger partial charge in [-0.3, -0.25) is 14.6 Å². The zero-order valence-corrected chi connectivity index (χ0v) is 16.9. The lowest BCUT2D eigenvalue weighted by molar-refractivity contribution is -0.122. The highest BCUT2D eigenvalue weighted by atomic mass is 32.2. The molecule has 0 aromatic heterocycles. The molecule has 0 saturated carbocycles. The Balaban J connectivity index is 1.54. The van der Waals surface area contributed by atoms with E-state index in [1.54, 1.807) is 24.3 Å². The number of carbonyl (C=O) groups is 2. The molecule has 1 saturated heterocycles. The van der Waals surface area contributed by atoms with Gasteiger partial charge >= 0.3 is 0 Å². The molecule has 1 heterocycles. The summed E-state index contributed by atoms with van der Waals surface area (Å²) in [7, 11) is 0. The number of nitrogens with zero attached hydrogens (tertiary/aromatic N) is 1. The first-order valence-corrected chi connectivity index (χ1v) is 9.87. The predicted octanol–water partition coefficient (Wildman–Crippen LogP) is 4.19. The van der Waals surface area contributed by atoms with Crippen LogP contribution in [0.2, 0.25) is 0 Å². The Kier molecular flexibility index (Phi) is 6.04. The van der Waals surface area contributed by atoms with Crippen molar-refractivity contribution >= 4 is 34.4 Å². The Morgan fingerprint density at radius 3 is 2.39 bits per heavy atom. The molecule has 2 amide bonds. The van der Waals surface area contributed by atoms with Crippen molar-refractivity contribution in [2.75, 3.05) is 5.32 Å². The highest BCUT2D eigenvalue weighted by Crippen LogP contribution is 2.26. The van der Waals surface area contributed by atoms with E-state index in [9.17, 15) is 9.59 Å². The third-order valence-electron chi connectivity index (χ3n) is 3.70. The van der Waals surface area contributed by atoms with Crippen LogP contribution in [0.3, 0.4) is 0 Å². The monoisotopic (exact) mass is 397 g/mol. The van der Waals surface area contributed by atoms with Crippen LogP contribution in [0.5, 0.6) is 11.5 Å². The van der Waals surface area contributed by atoms with Gasteiger partial charge in [-0.25, -0.2) is 0 Å². The first-order valence-electron chi connectivity index (χ1n) is 8.99. The second-order valence-electron chi connectivity index (χ2n) is 7.38. The third kappa shape index (κ3) is 5.85. The number of amides is 2. The fourth-order valence-corrected chi connectivity index (χ4v) is 3.66. The maximum absolute atomic E-state index is 12.3. The van der Waals surface area contributed by atoms with Gasteiger partial charge in [-0.2, -0.15) is 0 Å². The van der Waals surface area contributed by atoms with Crippen LogP contribution in [0, 0.1) is 0 Å². The van der Waals surface area contributed by atoms with Crippen molar-refractivity contribution in [3.05, 3.63) is 54.6 Å². The molecule has 1 aliphatic heterocycles. The van der Waals surface area contributed by atoms with Crippen molar-refractivity contribution in [2.45, 2.75) is 38.0 Å². The fraction of sp³-hybridized carbons (Fsp3) is 0.286. The molecule has 0 aliphatic carbocycles. The molecule has 2 aromatic rings. The fourth-order valence-electron chi connectivity index (χ4n) is 2.51. The summed E-state index contributed by atoms with van der Waals surface area (Å²) in [6, 6.07) is 16.6. The minimum absolute atomic E-state index is 0.0852. The van der Waals surface area contributed by atoms with Crippen molar-refractivity contribution in [3.63, 3.8) is 0 Å². The first kappa shape index (κ1) is 19.9. The number of carbonyl (C=O) groups excluding carboxylic acids is 2. The summed E-state index contributed by atoms with van der Waals surface area (Å²) < 4.78 is 5.73. The molecule has 0 radical (unpaired) electrons. The summed E-state index contributed by atoms with van der Waals surface area (Å²) in [5, 5.41) is 5.65. The average molecular weight is 398 g/mol. The summed E-state index contributed by atoms with van der Waals surface area (Å²) in [5.74, 6) is 1.02. The lowest BCUT2D eigenvalue weighted by Gasteiger charge is -2.12. The largest absolute Gasteiger partial charge is 0.457 e. The van der Waals surface area contributed by atoms with Crippen molar-refractivity contribution in [2.24, 2.45) is 4.99 Å². The lowest BCUT2D eigenvalue weighted by Crippen LogP contribution is -2.28. The number of aliphatic imine (C=N–C) groups is 1. The maximum atomic E-state index is 12.3. The van der Waals surface area contributed by atoms with Crippen LogP contribution in [0.4, 0.5) is 5.69 Å². The molecule has 7 heteroatoms. The van der Waals surface area contributed by atoms with E-state index in [1.165, 1.54) is 11.8 Å². The summed E-state index contributed by atoms with van der Waals surface area (Å²) >= 11 is 1.30. The Morgan fingerprint density at radius 2 is 1.75 bits per heavy atom. The summed E-state index contributed by atoms with van der Waals surface area (Å²) in [6.45, 7) is 5.87. The van der Waals surface area contributed by atoms with Crippen LogP contribution < -0.4 is 15.4 Å². The number of nitrogens with one attached hydrogen (secondary N) is 2. The molecule has 1 unspecified atom stereocenters. The van der Waals surface area contributed by atoms with E-state index in [4.69, 9.17) is 4.74 Å². The number of benzene rings is 2. The number of para-hydroxylation sites is 1. The molecule has 3 rings (SSSR count). The number of anilines is 1. The Hall–Kier alpha value is -2.80. The van der Waals surface area contributed by atoms with Crippen molar-refractivity contribution < 1.29 is 14.3 Å². The molecule has 1 aliphatic rings. The Labute approximate surface area is 168 Å². The third-order valence-corrected chi connectivity index (χ3v) is 4.78. The summed E-state index contributed by atoms with van der Waals surface area (Å²) in [6.07, 6.45) is 0.0852. The number of ether oxygens (including phenoxy) is 1. The van der Waals surface area contributed by atoms with Gasteiger partial charge in [-0.15, -0.1) is 0 Å². The minimum Gasteiger partial charge on any atom is -0.457 e.